The second-order valence-electron chi connectivity index (χ2n) is 5.88. The summed E-state index contributed by atoms with van der Waals surface area (Å²) in [7, 11) is 1.58. The number of carbonyl (C=O) groups is 1. The van der Waals surface area contributed by atoms with Crippen LogP contribution in [0.15, 0.2) is 42.6 Å². The largest absolute Gasteiger partial charge is 0.497 e. The summed E-state index contributed by atoms with van der Waals surface area (Å²) in [5.41, 5.74) is 0.459. The van der Waals surface area contributed by atoms with Gasteiger partial charge in [0.15, 0.2) is 11.5 Å². The minimum absolute atomic E-state index is 0.01000. The molecule has 0 unspecified atom stereocenters. The average molecular weight is 378 g/mol. The lowest BCUT2D eigenvalue weighted by molar-refractivity contribution is -0.137. The van der Waals surface area contributed by atoms with Crippen LogP contribution in [-0.4, -0.2) is 27.6 Å². The van der Waals surface area contributed by atoms with Gasteiger partial charge in [-0.3, -0.25) is 9.20 Å². The van der Waals surface area contributed by atoms with Gasteiger partial charge in [0.2, 0.25) is 5.91 Å². The smallest absolute Gasteiger partial charge is 0.417 e. The topological polar surface area (TPSA) is 68.5 Å². The molecule has 3 rings (SSSR count). The number of aryl methyl sites for hydroxylation is 1. The van der Waals surface area contributed by atoms with Gasteiger partial charge in [0.1, 0.15) is 5.75 Å². The van der Waals surface area contributed by atoms with Crippen LogP contribution in [0.25, 0.3) is 5.65 Å². The van der Waals surface area contributed by atoms with E-state index >= 15 is 0 Å². The minimum atomic E-state index is -4.46. The molecular formula is C18H17F3N4O2. The third kappa shape index (κ3) is 4.55. The van der Waals surface area contributed by atoms with Crippen LogP contribution in [-0.2, 0) is 23.9 Å². The molecule has 0 radical (unpaired) electrons. The normalized spacial score (nSPS) is 11.6. The lowest BCUT2D eigenvalue weighted by atomic mass is 10.1. The third-order valence-electron chi connectivity index (χ3n) is 4.04. The number of ether oxygens (including phenoxy) is 1. The van der Waals surface area contributed by atoms with E-state index in [9.17, 15) is 18.0 Å². The van der Waals surface area contributed by atoms with Gasteiger partial charge < -0.3 is 10.1 Å². The Balaban J connectivity index is 1.59. The molecule has 6 nitrogen and oxygen atoms in total. The van der Waals surface area contributed by atoms with Crippen LogP contribution in [0.5, 0.6) is 5.75 Å². The highest BCUT2D eigenvalue weighted by Crippen LogP contribution is 2.29. The Labute approximate surface area is 153 Å². The zero-order valence-corrected chi connectivity index (χ0v) is 14.5. The molecule has 2 heterocycles. The minimum Gasteiger partial charge on any atom is -0.497 e. The summed E-state index contributed by atoms with van der Waals surface area (Å²) in [6.07, 6.45) is -2.75. The maximum absolute atomic E-state index is 12.8. The fourth-order valence-electron chi connectivity index (χ4n) is 2.54. The van der Waals surface area contributed by atoms with Crippen molar-refractivity contribution in [2.24, 2.45) is 0 Å². The lowest BCUT2D eigenvalue weighted by Gasteiger charge is -2.08. The number of nitrogens with zero attached hydrogens (tertiary/aromatic N) is 3. The van der Waals surface area contributed by atoms with E-state index < -0.39 is 11.7 Å². The first-order chi connectivity index (χ1) is 12.9. The zero-order chi connectivity index (χ0) is 19.4. The van der Waals surface area contributed by atoms with Crippen LogP contribution >= 0.6 is 0 Å². The molecule has 1 N–H and O–H groups in total. The summed E-state index contributed by atoms with van der Waals surface area (Å²) >= 11 is 0. The van der Waals surface area contributed by atoms with Gasteiger partial charge in [0.25, 0.3) is 0 Å². The van der Waals surface area contributed by atoms with Crippen molar-refractivity contribution in [3.8, 4) is 5.75 Å². The standard InChI is InChI=1S/C18H17F3N4O2/c1-27-14-6-2-12(3-7-14)4-9-17(26)22-10-16-24-23-15-8-5-13(11-25(15)16)18(19,20)21/h2-3,5-8,11H,4,9-10H2,1H3,(H,22,26). The van der Waals surface area contributed by atoms with Crippen LogP contribution in [0.1, 0.15) is 23.4 Å². The van der Waals surface area contributed by atoms with Gasteiger partial charge in [-0.05, 0) is 36.2 Å². The number of carbonyl (C=O) groups excluding carboxylic acids is 1. The highest BCUT2D eigenvalue weighted by atomic mass is 19.4. The first-order valence-corrected chi connectivity index (χ1v) is 8.17. The van der Waals surface area contributed by atoms with Crippen molar-refractivity contribution in [2.75, 3.05) is 7.11 Å². The second kappa shape index (κ2) is 7.65. The van der Waals surface area contributed by atoms with E-state index in [0.29, 0.717) is 6.42 Å². The quantitative estimate of drug-likeness (QED) is 0.716. The fourth-order valence-corrected chi connectivity index (χ4v) is 2.54. The average Bonchev–Trinajstić information content (AvgIpc) is 3.06. The first kappa shape index (κ1) is 18.7. The van der Waals surface area contributed by atoms with Gasteiger partial charge in [-0.25, -0.2) is 0 Å². The predicted molar refractivity (Wildman–Crippen MR) is 91.2 cm³/mol. The Morgan fingerprint density at radius 2 is 1.89 bits per heavy atom. The van der Waals surface area contributed by atoms with Crippen molar-refractivity contribution < 1.29 is 22.7 Å². The molecule has 9 heteroatoms. The maximum atomic E-state index is 12.8. The van der Waals surface area contributed by atoms with E-state index in [2.05, 4.69) is 15.5 Å². The number of benzene rings is 1. The number of rotatable bonds is 6. The Hall–Kier alpha value is -3.10. The Kier molecular flexibility index (Phi) is 5.29. The molecule has 1 amide bonds. The van der Waals surface area contributed by atoms with Crippen LogP contribution in [0.2, 0.25) is 0 Å². The van der Waals surface area contributed by atoms with Gasteiger partial charge in [-0.2, -0.15) is 13.2 Å². The summed E-state index contributed by atoms with van der Waals surface area (Å²) in [5.74, 6) is 0.739. The fraction of sp³-hybridized carbons (Fsp3) is 0.278. The van der Waals surface area contributed by atoms with Crippen LogP contribution in [0.3, 0.4) is 0 Å². The Bertz CT molecular complexity index is 936. The van der Waals surface area contributed by atoms with Gasteiger partial charge in [0.05, 0.1) is 19.2 Å². The number of hydrogen-bond donors (Lipinski definition) is 1. The summed E-state index contributed by atoms with van der Waals surface area (Å²) < 4.78 is 44.8. The van der Waals surface area contributed by atoms with Crippen molar-refractivity contribution in [3.05, 3.63) is 59.5 Å². The number of halogens is 3. The number of nitrogens with one attached hydrogen (secondary N) is 1. The lowest BCUT2D eigenvalue weighted by Crippen LogP contribution is -2.24. The molecule has 3 aromatic rings. The molecule has 27 heavy (non-hydrogen) atoms. The number of pyridine rings is 1. The maximum Gasteiger partial charge on any atom is 0.417 e. The monoisotopic (exact) mass is 378 g/mol. The number of alkyl halides is 3. The molecule has 0 atom stereocenters. The number of aromatic nitrogens is 3. The predicted octanol–water partition coefficient (Wildman–Crippen LogP) is 3.01. The molecule has 0 bridgehead atoms. The van der Waals surface area contributed by atoms with Crippen molar-refractivity contribution in [1.29, 1.82) is 0 Å². The van der Waals surface area contributed by atoms with Gasteiger partial charge in [-0.1, -0.05) is 12.1 Å². The molecule has 0 aliphatic rings. The molecule has 0 saturated carbocycles. The van der Waals surface area contributed by atoms with E-state index in [0.717, 1.165) is 23.6 Å². The molecular weight excluding hydrogens is 361 g/mol. The molecule has 2 aromatic heterocycles. The summed E-state index contributed by atoms with van der Waals surface area (Å²) in [6, 6.07) is 9.56. The van der Waals surface area contributed by atoms with Crippen LogP contribution in [0.4, 0.5) is 13.2 Å². The SMILES string of the molecule is COc1ccc(CCC(=O)NCc2nnc3ccc(C(F)(F)F)cn23)cc1. The van der Waals surface area contributed by atoms with Gasteiger partial charge in [0, 0.05) is 12.6 Å². The number of methoxy groups -OCH3 is 1. The van der Waals surface area contributed by atoms with Crippen LogP contribution < -0.4 is 10.1 Å². The number of fused-ring (bicyclic) bond motifs is 1. The van der Waals surface area contributed by atoms with Crippen molar-refractivity contribution >= 4 is 11.6 Å². The summed E-state index contributed by atoms with van der Waals surface area (Å²) in [5, 5.41) is 10.3. The molecule has 0 spiro atoms. The highest BCUT2D eigenvalue weighted by molar-refractivity contribution is 5.76. The highest BCUT2D eigenvalue weighted by Gasteiger charge is 2.31. The Morgan fingerprint density at radius 3 is 2.56 bits per heavy atom. The van der Waals surface area contributed by atoms with Crippen molar-refractivity contribution in [1.82, 2.24) is 19.9 Å². The molecule has 0 saturated heterocycles. The van der Waals surface area contributed by atoms with E-state index in [1.165, 1.54) is 10.5 Å². The second-order valence-corrected chi connectivity index (χ2v) is 5.88. The van der Waals surface area contributed by atoms with Gasteiger partial charge >= 0.3 is 6.18 Å². The van der Waals surface area contributed by atoms with Crippen LogP contribution in [0, 0.1) is 0 Å². The van der Waals surface area contributed by atoms with Crippen molar-refractivity contribution in [2.45, 2.75) is 25.6 Å². The zero-order valence-electron chi connectivity index (χ0n) is 14.5. The summed E-state index contributed by atoms with van der Waals surface area (Å²) in [4.78, 5) is 12.0. The first-order valence-electron chi connectivity index (χ1n) is 8.17. The third-order valence-corrected chi connectivity index (χ3v) is 4.04. The van der Waals surface area contributed by atoms with E-state index in [4.69, 9.17) is 4.74 Å². The number of hydrogen-bond acceptors (Lipinski definition) is 4. The van der Waals surface area contributed by atoms with E-state index in [1.54, 1.807) is 7.11 Å². The summed E-state index contributed by atoms with van der Waals surface area (Å²) in [6.45, 7) is -0.01000. The van der Waals surface area contributed by atoms with Crippen molar-refractivity contribution in [3.63, 3.8) is 0 Å². The molecule has 0 aliphatic carbocycles. The molecule has 0 aliphatic heterocycles. The van der Waals surface area contributed by atoms with Gasteiger partial charge in [-0.15, -0.1) is 10.2 Å². The number of amides is 1. The van der Waals surface area contributed by atoms with E-state index in [1.807, 2.05) is 24.3 Å². The molecule has 0 fully saturated rings. The molecule has 1 aromatic carbocycles. The van der Waals surface area contributed by atoms with E-state index in [-0.39, 0.29) is 30.3 Å². The Morgan fingerprint density at radius 1 is 1.15 bits per heavy atom. The molecule has 142 valence electrons.